The first kappa shape index (κ1) is 66.3. The number of hydrogen-bond acceptors (Lipinski definition) is 18. The lowest BCUT2D eigenvalue weighted by Gasteiger charge is -2.48. The molecule has 0 bridgehead atoms. The molecule has 0 aliphatic carbocycles. The van der Waals surface area contributed by atoms with Gasteiger partial charge < -0.3 is 89.9 Å². The molecule has 3 aliphatic heterocycles. The lowest BCUT2D eigenvalue weighted by atomic mass is 9.96. The van der Waals surface area contributed by atoms with Gasteiger partial charge in [-0.05, 0) is 51.4 Å². The van der Waals surface area contributed by atoms with Crippen molar-refractivity contribution < 1.29 is 89.4 Å². The van der Waals surface area contributed by atoms with Crippen LogP contribution in [0.1, 0.15) is 174 Å². The van der Waals surface area contributed by atoms with Crippen molar-refractivity contribution in [3.63, 3.8) is 0 Å². The average molecular weight is 1060 g/mol. The third-order valence-electron chi connectivity index (χ3n) is 14.2. The molecule has 12 N–H and O–H groups in total. The maximum absolute atomic E-state index is 13.2. The lowest BCUT2D eigenvalue weighted by Crippen LogP contribution is -2.66. The highest BCUT2D eigenvalue weighted by atomic mass is 16.8. The van der Waals surface area contributed by atoms with Crippen molar-refractivity contribution in [2.24, 2.45) is 0 Å². The molecule has 17 unspecified atom stereocenters. The molecule has 0 aromatic carbocycles. The van der Waals surface area contributed by atoms with E-state index >= 15 is 0 Å². The molecular weight excluding hydrogens is 963 g/mol. The van der Waals surface area contributed by atoms with Crippen LogP contribution >= 0.6 is 0 Å². The van der Waals surface area contributed by atoms with E-state index in [1.807, 2.05) is 6.08 Å². The van der Waals surface area contributed by atoms with Gasteiger partial charge in [-0.2, -0.15) is 0 Å². The third-order valence-corrected chi connectivity index (χ3v) is 14.2. The van der Waals surface area contributed by atoms with Gasteiger partial charge in [-0.15, -0.1) is 0 Å². The molecule has 3 saturated heterocycles. The molecule has 3 heterocycles. The minimum Gasteiger partial charge on any atom is -0.394 e. The quantitative estimate of drug-likeness (QED) is 0.0307. The van der Waals surface area contributed by atoms with Gasteiger partial charge in [-0.1, -0.05) is 153 Å². The molecule has 0 saturated carbocycles. The molecule has 0 spiro atoms. The molecule has 1 amide bonds. The summed E-state index contributed by atoms with van der Waals surface area (Å²) >= 11 is 0. The van der Waals surface area contributed by atoms with Crippen LogP contribution in [0.2, 0.25) is 0 Å². The van der Waals surface area contributed by atoms with Crippen molar-refractivity contribution in [1.29, 1.82) is 0 Å². The summed E-state index contributed by atoms with van der Waals surface area (Å²) in [5, 5.41) is 120. The Kier molecular flexibility index (Phi) is 35.3. The Labute approximate surface area is 440 Å². The van der Waals surface area contributed by atoms with Gasteiger partial charge in [0.2, 0.25) is 5.91 Å². The maximum atomic E-state index is 13.2. The minimum absolute atomic E-state index is 0.233. The van der Waals surface area contributed by atoms with Crippen molar-refractivity contribution in [2.45, 2.75) is 279 Å². The Hall–Kier alpha value is -1.99. The number of carbonyl (C=O) groups is 1. The van der Waals surface area contributed by atoms with E-state index in [4.69, 9.17) is 28.4 Å². The van der Waals surface area contributed by atoms with Gasteiger partial charge in [0.25, 0.3) is 0 Å². The van der Waals surface area contributed by atoms with Crippen LogP contribution in [-0.2, 0) is 33.2 Å². The summed E-state index contributed by atoms with van der Waals surface area (Å²) in [6, 6.07) is -0.987. The number of carbonyl (C=O) groups excluding carboxylic acids is 1. The standard InChI is InChI=1S/C55H99NO18/c1-3-5-7-9-11-13-14-15-16-17-18-19-20-21-22-23-24-25-27-29-31-33-43(61)56-38(39(60)32-30-28-26-12-10-8-6-4-2)37-69-53-49(67)46(64)51(41(35-58)71-53)74-55-50(68)47(65)52(42(36-59)72-55)73-54-48(66)45(63)44(62)40(34-57)70-54/h10,12,17-18,30,32,38-42,44-55,57-60,62-68H,3-9,11,13-16,19-29,31,33-37H2,1-2H3,(H,56,61)/b12-10+,18-17-,32-30+. The van der Waals surface area contributed by atoms with Crippen LogP contribution in [-0.4, -0.2) is 193 Å². The molecule has 0 aromatic heterocycles. The number of aliphatic hydroxyl groups excluding tert-OH is 11. The lowest BCUT2D eigenvalue weighted by molar-refractivity contribution is -0.379. The zero-order valence-electron chi connectivity index (χ0n) is 44.6. The third kappa shape index (κ3) is 23.9. The van der Waals surface area contributed by atoms with Crippen LogP contribution in [0.4, 0.5) is 0 Å². The molecule has 19 nitrogen and oxygen atoms in total. The average Bonchev–Trinajstić information content (AvgIpc) is 3.40. The van der Waals surface area contributed by atoms with Crippen molar-refractivity contribution in [1.82, 2.24) is 5.32 Å². The summed E-state index contributed by atoms with van der Waals surface area (Å²) in [7, 11) is 0. The first-order chi connectivity index (χ1) is 35.8. The SMILES string of the molecule is CCCC/C=C/CC/C=C/C(O)C(COC1OC(CO)C(OC2OC(CO)C(OC3OC(CO)C(O)C(O)C3O)C(O)C2O)C(O)C1O)NC(=O)CCCCCCCCCCC/C=C\CCCCCCCCCC. The Morgan fingerprint density at radius 3 is 1.39 bits per heavy atom. The van der Waals surface area contributed by atoms with Gasteiger partial charge >= 0.3 is 0 Å². The molecular formula is C55H99NO18. The summed E-state index contributed by atoms with van der Waals surface area (Å²) in [6.45, 7) is 1.59. The highest BCUT2D eigenvalue weighted by molar-refractivity contribution is 5.76. The monoisotopic (exact) mass is 1060 g/mol. The van der Waals surface area contributed by atoms with E-state index in [9.17, 15) is 61.0 Å². The molecule has 19 heteroatoms. The van der Waals surface area contributed by atoms with E-state index in [1.54, 1.807) is 6.08 Å². The number of amides is 1. The van der Waals surface area contributed by atoms with E-state index in [2.05, 4.69) is 43.5 Å². The largest absolute Gasteiger partial charge is 0.394 e. The summed E-state index contributed by atoms with van der Waals surface area (Å²) in [5.41, 5.74) is 0. The molecule has 432 valence electrons. The molecule has 3 fully saturated rings. The topological polar surface area (TPSA) is 307 Å². The Balaban J connectivity index is 1.47. The number of aliphatic hydroxyl groups is 11. The summed E-state index contributed by atoms with van der Waals surface area (Å²) in [4.78, 5) is 13.2. The molecule has 74 heavy (non-hydrogen) atoms. The normalized spacial score (nSPS) is 31.7. The fourth-order valence-electron chi connectivity index (χ4n) is 9.42. The fourth-order valence-corrected chi connectivity index (χ4v) is 9.42. The summed E-state index contributed by atoms with van der Waals surface area (Å²) < 4.78 is 34.1. The number of ether oxygens (including phenoxy) is 6. The van der Waals surface area contributed by atoms with Gasteiger partial charge in [0, 0.05) is 6.42 Å². The molecule has 3 aliphatic rings. The smallest absolute Gasteiger partial charge is 0.220 e. The summed E-state index contributed by atoms with van der Waals surface area (Å²) in [5.74, 6) is -0.293. The van der Waals surface area contributed by atoms with E-state index < -0.39 is 124 Å². The number of unbranched alkanes of at least 4 members (excludes halogenated alkanes) is 20. The predicted molar refractivity (Wildman–Crippen MR) is 277 cm³/mol. The Bertz CT molecular complexity index is 1500. The molecule has 0 radical (unpaired) electrons. The number of allylic oxidation sites excluding steroid dienone is 5. The fraction of sp³-hybridized carbons (Fsp3) is 0.873. The van der Waals surface area contributed by atoms with E-state index in [0.29, 0.717) is 12.8 Å². The zero-order chi connectivity index (χ0) is 54.1. The van der Waals surface area contributed by atoms with Crippen molar-refractivity contribution >= 4 is 5.91 Å². The first-order valence-corrected chi connectivity index (χ1v) is 28.2. The highest BCUT2D eigenvalue weighted by Crippen LogP contribution is 2.33. The van der Waals surface area contributed by atoms with Crippen LogP contribution < -0.4 is 5.32 Å². The second-order valence-electron chi connectivity index (χ2n) is 20.4. The van der Waals surface area contributed by atoms with Crippen LogP contribution in [0.5, 0.6) is 0 Å². The van der Waals surface area contributed by atoms with Crippen molar-refractivity contribution in [3.8, 4) is 0 Å². The second kappa shape index (κ2) is 39.4. The first-order valence-electron chi connectivity index (χ1n) is 28.2. The van der Waals surface area contributed by atoms with Crippen LogP contribution in [0.15, 0.2) is 36.5 Å². The van der Waals surface area contributed by atoms with Gasteiger partial charge in [0.15, 0.2) is 18.9 Å². The summed E-state index contributed by atoms with van der Waals surface area (Å²) in [6.07, 6.45) is 13.2. The van der Waals surface area contributed by atoms with E-state index in [-0.39, 0.29) is 18.9 Å². The zero-order valence-corrected chi connectivity index (χ0v) is 44.6. The highest BCUT2D eigenvalue weighted by Gasteiger charge is 2.53. The second-order valence-corrected chi connectivity index (χ2v) is 20.4. The number of hydrogen-bond donors (Lipinski definition) is 12. The Morgan fingerprint density at radius 1 is 0.473 bits per heavy atom. The Morgan fingerprint density at radius 2 is 0.878 bits per heavy atom. The number of rotatable bonds is 40. The van der Waals surface area contributed by atoms with E-state index in [0.717, 1.165) is 57.8 Å². The predicted octanol–water partition coefficient (Wildman–Crippen LogP) is 3.76. The minimum atomic E-state index is -1.98. The van der Waals surface area contributed by atoms with Gasteiger partial charge in [0.05, 0.1) is 38.6 Å². The van der Waals surface area contributed by atoms with Crippen molar-refractivity contribution in [2.75, 3.05) is 26.4 Å². The number of nitrogens with one attached hydrogen (secondary N) is 1. The molecule has 0 aromatic rings. The van der Waals surface area contributed by atoms with E-state index in [1.165, 1.54) is 83.5 Å². The van der Waals surface area contributed by atoms with Gasteiger partial charge in [0.1, 0.15) is 73.2 Å². The molecule has 3 rings (SSSR count). The van der Waals surface area contributed by atoms with Crippen LogP contribution in [0, 0.1) is 0 Å². The maximum Gasteiger partial charge on any atom is 0.220 e. The van der Waals surface area contributed by atoms with Crippen LogP contribution in [0.25, 0.3) is 0 Å². The molecule has 17 atom stereocenters. The van der Waals surface area contributed by atoms with Gasteiger partial charge in [-0.3, -0.25) is 4.79 Å². The van der Waals surface area contributed by atoms with Gasteiger partial charge in [-0.25, -0.2) is 0 Å². The van der Waals surface area contributed by atoms with Crippen molar-refractivity contribution in [3.05, 3.63) is 36.5 Å². The van der Waals surface area contributed by atoms with Crippen LogP contribution in [0.3, 0.4) is 0 Å².